The zero-order valence-electron chi connectivity index (χ0n) is 13.4. The maximum absolute atomic E-state index is 12.7. The van der Waals surface area contributed by atoms with Crippen LogP contribution in [0.15, 0.2) is 23.4 Å². The van der Waals surface area contributed by atoms with Crippen molar-refractivity contribution < 1.29 is 4.79 Å². The van der Waals surface area contributed by atoms with Gasteiger partial charge in [-0.15, -0.1) is 11.8 Å². The van der Waals surface area contributed by atoms with Gasteiger partial charge < -0.3 is 9.80 Å². The van der Waals surface area contributed by atoms with Gasteiger partial charge in [0.1, 0.15) is 0 Å². The van der Waals surface area contributed by atoms with E-state index in [1.165, 1.54) is 0 Å². The lowest BCUT2D eigenvalue weighted by atomic mass is 9.97. The molecule has 0 spiro atoms. The molecule has 0 bridgehead atoms. The Labute approximate surface area is 131 Å². The Kier molecular flexibility index (Phi) is 5.65. The van der Waals surface area contributed by atoms with E-state index in [9.17, 15) is 4.79 Å². The molecule has 1 amide bonds. The molecular formula is C16H25N3OS. The molecular weight excluding hydrogens is 282 g/mol. The number of hydrogen-bond donors (Lipinski definition) is 0. The third-order valence-corrected chi connectivity index (χ3v) is 5.13. The zero-order chi connectivity index (χ0) is 15.4. The molecule has 2 heterocycles. The second-order valence-corrected chi connectivity index (χ2v) is 7.02. The van der Waals surface area contributed by atoms with Crippen LogP contribution < -0.4 is 0 Å². The Morgan fingerprint density at radius 1 is 1.57 bits per heavy atom. The minimum atomic E-state index is 0.108. The Morgan fingerprint density at radius 2 is 2.33 bits per heavy atom. The molecule has 1 fully saturated rings. The monoisotopic (exact) mass is 307 g/mol. The third kappa shape index (κ3) is 3.98. The van der Waals surface area contributed by atoms with Crippen molar-refractivity contribution in [3.05, 3.63) is 23.9 Å². The number of piperidine rings is 1. The van der Waals surface area contributed by atoms with E-state index in [1.807, 2.05) is 24.1 Å². The molecule has 0 radical (unpaired) electrons. The van der Waals surface area contributed by atoms with Gasteiger partial charge in [0.2, 0.25) is 0 Å². The van der Waals surface area contributed by atoms with E-state index in [2.05, 4.69) is 30.8 Å². The Hall–Kier alpha value is -1.07. The summed E-state index contributed by atoms with van der Waals surface area (Å²) in [6.07, 6.45) is 3.82. The molecule has 116 valence electrons. The number of aromatic nitrogens is 1. The number of pyridine rings is 1. The molecule has 0 N–H and O–H groups in total. The van der Waals surface area contributed by atoms with Crippen LogP contribution in [0, 0.1) is 0 Å². The standard InChI is InChI=1S/C16H25N3OS/c1-5-21-15-11-13(6-8-17-15)16(20)19(4)14-7-9-18(3)12(2)10-14/h6,8,11-12,14H,5,7,9-10H2,1-4H3/t12-,14-/m0/s1. The van der Waals surface area contributed by atoms with Crippen LogP contribution in [0.25, 0.3) is 0 Å². The van der Waals surface area contributed by atoms with Gasteiger partial charge in [-0.25, -0.2) is 4.98 Å². The van der Waals surface area contributed by atoms with Gasteiger partial charge in [-0.2, -0.15) is 0 Å². The van der Waals surface area contributed by atoms with Gasteiger partial charge in [0.25, 0.3) is 5.91 Å². The van der Waals surface area contributed by atoms with E-state index in [4.69, 9.17) is 0 Å². The quantitative estimate of drug-likeness (QED) is 0.802. The van der Waals surface area contributed by atoms with Crippen LogP contribution >= 0.6 is 11.8 Å². The average Bonchev–Trinajstić information content (AvgIpc) is 2.49. The van der Waals surface area contributed by atoms with Gasteiger partial charge in [0.05, 0.1) is 5.03 Å². The number of hydrogen-bond acceptors (Lipinski definition) is 4. The van der Waals surface area contributed by atoms with E-state index in [0.717, 1.165) is 35.7 Å². The van der Waals surface area contributed by atoms with E-state index < -0.39 is 0 Å². The summed E-state index contributed by atoms with van der Waals surface area (Å²) in [5.74, 6) is 1.07. The van der Waals surface area contributed by atoms with Gasteiger partial charge in [-0.1, -0.05) is 6.92 Å². The molecule has 5 heteroatoms. The lowest BCUT2D eigenvalue weighted by molar-refractivity contribution is 0.0598. The second-order valence-electron chi connectivity index (χ2n) is 5.74. The number of likely N-dealkylation sites (tertiary alicyclic amines) is 1. The lowest BCUT2D eigenvalue weighted by Gasteiger charge is -2.39. The maximum atomic E-state index is 12.7. The van der Waals surface area contributed by atoms with Gasteiger partial charge in [-0.3, -0.25) is 4.79 Å². The number of thioether (sulfide) groups is 1. The van der Waals surface area contributed by atoms with Crippen LogP contribution in [0.5, 0.6) is 0 Å². The van der Waals surface area contributed by atoms with E-state index in [-0.39, 0.29) is 5.91 Å². The number of rotatable bonds is 4. The van der Waals surface area contributed by atoms with Gasteiger partial charge in [-0.05, 0) is 44.7 Å². The minimum Gasteiger partial charge on any atom is -0.339 e. The van der Waals surface area contributed by atoms with Crippen molar-refractivity contribution in [1.29, 1.82) is 0 Å². The Balaban J connectivity index is 2.06. The summed E-state index contributed by atoms with van der Waals surface area (Å²) >= 11 is 1.67. The first-order valence-corrected chi connectivity index (χ1v) is 8.57. The lowest BCUT2D eigenvalue weighted by Crippen LogP contribution is -2.48. The maximum Gasteiger partial charge on any atom is 0.253 e. The SMILES string of the molecule is CCSc1cc(C(=O)N(C)[C@H]2CCN(C)[C@@H](C)C2)ccn1. The van der Waals surface area contributed by atoms with Crippen LogP contribution in [0.2, 0.25) is 0 Å². The summed E-state index contributed by atoms with van der Waals surface area (Å²) in [5, 5.41) is 0.925. The van der Waals surface area contributed by atoms with Crippen molar-refractivity contribution in [2.24, 2.45) is 0 Å². The normalized spacial score (nSPS) is 23.0. The predicted molar refractivity (Wildman–Crippen MR) is 87.8 cm³/mol. The third-order valence-electron chi connectivity index (χ3n) is 4.32. The highest BCUT2D eigenvalue weighted by Crippen LogP contribution is 2.22. The van der Waals surface area contributed by atoms with Crippen molar-refractivity contribution in [3.8, 4) is 0 Å². The Morgan fingerprint density at radius 3 is 3.00 bits per heavy atom. The molecule has 1 aliphatic rings. The average molecular weight is 307 g/mol. The molecule has 1 aromatic heterocycles. The molecule has 0 saturated carbocycles. The first-order chi connectivity index (χ1) is 10.0. The topological polar surface area (TPSA) is 36.4 Å². The van der Waals surface area contributed by atoms with E-state index >= 15 is 0 Å². The summed E-state index contributed by atoms with van der Waals surface area (Å²) in [4.78, 5) is 21.2. The molecule has 0 aliphatic carbocycles. The highest BCUT2D eigenvalue weighted by atomic mass is 32.2. The molecule has 2 atom stereocenters. The van der Waals surface area contributed by atoms with Gasteiger partial charge in [0, 0.05) is 37.4 Å². The molecule has 1 saturated heterocycles. The number of carbonyl (C=O) groups excluding carboxylic acids is 1. The number of nitrogens with zero attached hydrogens (tertiary/aromatic N) is 3. The van der Waals surface area contributed by atoms with E-state index in [1.54, 1.807) is 18.0 Å². The first-order valence-electron chi connectivity index (χ1n) is 7.59. The van der Waals surface area contributed by atoms with Crippen molar-refractivity contribution in [1.82, 2.24) is 14.8 Å². The summed E-state index contributed by atoms with van der Waals surface area (Å²) in [6, 6.07) is 4.59. The number of carbonyl (C=O) groups is 1. The largest absolute Gasteiger partial charge is 0.339 e. The molecule has 1 aliphatic heterocycles. The molecule has 1 aromatic rings. The summed E-state index contributed by atoms with van der Waals surface area (Å²) in [5.41, 5.74) is 0.745. The van der Waals surface area contributed by atoms with Crippen LogP contribution in [0.3, 0.4) is 0 Å². The van der Waals surface area contributed by atoms with Gasteiger partial charge in [0.15, 0.2) is 0 Å². The highest BCUT2D eigenvalue weighted by molar-refractivity contribution is 7.99. The van der Waals surface area contributed by atoms with E-state index in [0.29, 0.717) is 12.1 Å². The van der Waals surface area contributed by atoms with Crippen molar-refractivity contribution in [3.63, 3.8) is 0 Å². The molecule has 4 nitrogen and oxygen atoms in total. The minimum absolute atomic E-state index is 0.108. The second kappa shape index (κ2) is 7.27. The summed E-state index contributed by atoms with van der Waals surface area (Å²) in [6.45, 7) is 5.37. The zero-order valence-corrected chi connectivity index (χ0v) is 14.2. The predicted octanol–water partition coefficient (Wildman–Crippen LogP) is 2.75. The van der Waals surface area contributed by atoms with Crippen LogP contribution in [-0.2, 0) is 0 Å². The van der Waals surface area contributed by atoms with Crippen molar-refractivity contribution in [2.75, 3.05) is 26.4 Å². The van der Waals surface area contributed by atoms with Crippen LogP contribution in [0.1, 0.15) is 37.0 Å². The fourth-order valence-corrected chi connectivity index (χ4v) is 3.40. The molecule has 0 aromatic carbocycles. The smallest absolute Gasteiger partial charge is 0.253 e. The highest BCUT2D eigenvalue weighted by Gasteiger charge is 2.28. The van der Waals surface area contributed by atoms with Crippen LogP contribution in [-0.4, -0.2) is 59.2 Å². The summed E-state index contributed by atoms with van der Waals surface area (Å²) < 4.78 is 0. The Bertz CT molecular complexity index is 494. The molecule has 2 rings (SSSR count). The molecule has 0 unspecified atom stereocenters. The first kappa shape index (κ1) is 16.3. The molecule has 21 heavy (non-hydrogen) atoms. The van der Waals surface area contributed by atoms with Gasteiger partial charge >= 0.3 is 0 Å². The van der Waals surface area contributed by atoms with Crippen molar-refractivity contribution in [2.45, 2.75) is 43.8 Å². The van der Waals surface area contributed by atoms with Crippen molar-refractivity contribution >= 4 is 17.7 Å². The van der Waals surface area contributed by atoms with Crippen LogP contribution in [0.4, 0.5) is 0 Å². The summed E-state index contributed by atoms with van der Waals surface area (Å²) in [7, 11) is 4.08. The fraction of sp³-hybridized carbons (Fsp3) is 0.625. The number of amides is 1. The fourth-order valence-electron chi connectivity index (χ4n) is 2.76.